The van der Waals surface area contributed by atoms with Crippen LogP contribution in [0.15, 0.2) is 36.7 Å². The highest BCUT2D eigenvalue weighted by Gasteiger charge is 2.40. The average molecular weight is 948 g/mol. The molecule has 27 heteroatoms. The van der Waals surface area contributed by atoms with Gasteiger partial charge in [0.05, 0.1) is 55.0 Å². The van der Waals surface area contributed by atoms with E-state index in [2.05, 4.69) is 20.6 Å². The smallest absolute Gasteiger partial charge is 0.420 e. The number of nitrogens with one attached hydrogen (secondary N) is 6. The lowest BCUT2D eigenvalue weighted by atomic mass is 10.1. The second-order valence-corrected chi connectivity index (χ2v) is 16.1. The fourth-order valence-corrected chi connectivity index (χ4v) is 7.94. The summed E-state index contributed by atoms with van der Waals surface area (Å²) in [7, 11) is 0. The number of carbonyl (C=O) groups is 2. The van der Waals surface area contributed by atoms with Gasteiger partial charge in [-0.25, -0.2) is 9.97 Å². The number of rotatable bonds is 13. The molecule has 4 aliphatic heterocycles. The maximum Gasteiger partial charge on any atom is 0.420 e. The Hall–Kier alpha value is -7.48. The summed E-state index contributed by atoms with van der Waals surface area (Å²) in [6.45, 7) is 1.63. The zero-order valence-electron chi connectivity index (χ0n) is 35.5. The molecule has 4 saturated heterocycles. The van der Waals surface area contributed by atoms with E-state index in [-0.39, 0.29) is 81.5 Å². The molecule has 4 unspecified atom stereocenters. The Morgan fingerprint density at radius 3 is 1.27 bits per heavy atom. The largest absolute Gasteiger partial charge is 0.488 e. The summed E-state index contributed by atoms with van der Waals surface area (Å²) in [5.74, 6) is -4.78. The molecule has 4 fully saturated rings. The number of halogens is 6. The lowest BCUT2D eigenvalue weighted by molar-refractivity contribution is -0.140. The van der Waals surface area contributed by atoms with E-state index < -0.39 is 94.0 Å². The zero-order chi connectivity index (χ0) is 48.4. The molecule has 4 aliphatic rings. The van der Waals surface area contributed by atoms with Crippen molar-refractivity contribution in [2.45, 2.75) is 62.5 Å². The molecule has 67 heavy (non-hydrogen) atoms. The van der Waals surface area contributed by atoms with Crippen LogP contribution in [0.2, 0.25) is 0 Å². The summed E-state index contributed by atoms with van der Waals surface area (Å²) in [6, 6.07) is 4.06. The Bertz CT molecular complexity index is 2430. The number of carbonyl (C=O) groups excluding carboxylic acids is 2. The molecular formula is C40H47F6N15O6. The van der Waals surface area contributed by atoms with E-state index in [0.717, 1.165) is 30.9 Å². The first-order chi connectivity index (χ1) is 31.6. The van der Waals surface area contributed by atoms with Gasteiger partial charge in [0.2, 0.25) is 0 Å². The van der Waals surface area contributed by atoms with Crippen molar-refractivity contribution >= 4 is 47.4 Å². The number of nitrogens with two attached hydrogens (primary N) is 3. The lowest BCUT2D eigenvalue weighted by Crippen LogP contribution is -2.36. The van der Waals surface area contributed by atoms with Crippen molar-refractivity contribution in [1.29, 1.82) is 21.6 Å². The van der Waals surface area contributed by atoms with Crippen molar-refractivity contribution in [2.24, 2.45) is 17.2 Å². The van der Waals surface area contributed by atoms with Crippen LogP contribution < -0.4 is 46.8 Å². The second kappa shape index (κ2) is 19.2. The molecule has 0 saturated carbocycles. The molecule has 4 atom stereocenters. The minimum absolute atomic E-state index is 0.0338. The van der Waals surface area contributed by atoms with E-state index in [4.69, 9.17) is 57.8 Å². The highest BCUT2D eigenvalue weighted by atomic mass is 19.4. The molecule has 2 aromatic carbocycles. The number of guanidine groups is 3. The van der Waals surface area contributed by atoms with Crippen LogP contribution >= 0.6 is 0 Å². The van der Waals surface area contributed by atoms with Crippen LogP contribution in [0, 0.1) is 21.6 Å². The molecule has 5 heterocycles. The van der Waals surface area contributed by atoms with Gasteiger partial charge < -0.3 is 66.4 Å². The third-order valence-electron chi connectivity index (χ3n) is 11.4. The van der Waals surface area contributed by atoms with E-state index >= 15 is 0 Å². The molecule has 12 N–H and O–H groups in total. The van der Waals surface area contributed by atoms with Gasteiger partial charge in [0.15, 0.2) is 17.9 Å². The fraction of sp³-hybridized carbons (Fsp3) is 0.450. The monoisotopic (exact) mass is 947 g/mol. The molecular weight excluding hydrogens is 901 g/mol. The minimum atomic E-state index is -5.02. The van der Waals surface area contributed by atoms with E-state index in [1.165, 1.54) is 14.7 Å². The highest BCUT2D eigenvalue weighted by molar-refractivity contribution is 6.08. The third-order valence-corrected chi connectivity index (χ3v) is 11.4. The normalized spacial score (nSPS) is 20.7. The van der Waals surface area contributed by atoms with Gasteiger partial charge in [-0.15, -0.1) is 0 Å². The number of ether oxygens (including phenoxy) is 4. The van der Waals surface area contributed by atoms with Gasteiger partial charge in [0.1, 0.15) is 65.1 Å². The van der Waals surface area contributed by atoms with Gasteiger partial charge in [-0.1, -0.05) is 0 Å². The van der Waals surface area contributed by atoms with Crippen LogP contribution in [0.3, 0.4) is 0 Å². The average Bonchev–Trinajstić information content (AvgIpc) is 4.10. The van der Waals surface area contributed by atoms with Gasteiger partial charge in [-0.2, -0.15) is 26.3 Å². The maximum atomic E-state index is 14.7. The Morgan fingerprint density at radius 2 is 0.940 bits per heavy atom. The number of alkyl halides is 6. The molecule has 0 spiro atoms. The first kappa shape index (κ1) is 47.5. The number of hydrogen-bond donors (Lipinski definition) is 9. The number of amides is 2. The predicted octanol–water partition coefficient (Wildman–Crippen LogP) is 3.12. The van der Waals surface area contributed by atoms with Crippen molar-refractivity contribution in [1.82, 2.24) is 29.6 Å². The summed E-state index contributed by atoms with van der Waals surface area (Å²) in [4.78, 5) is 41.3. The summed E-state index contributed by atoms with van der Waals surface area (Å²) in [5, 5.41) is 35.4. The number of benzene rings is 2. The van der Waals surface area contributed by atoms with E-state index in [0.29, 0.717) is 38.1 Å². The van der Waals surface area contributed by atoms with Gasteiger partial charge in [-0.3, -0.25) is 31.2 Å². The van der Waals surface area contributed by atoms with E-state index in [9.17, 15) is 35.9 Å². The van der Waals surface area contributed by atoms with Crippen molar-refractivity contribution in [3.05, 3.63) is 59.2 Å². The second-order valence-electron chi connectivity index (χ2n) is 16.1. The minimum Gasteiger partial charge on any atom is -0.488 e. The van der Waals surface area contributed by atoms with Crippen molar-refractivity contribution in [3.8, 4) is 23.0 Å². The molecule has 0 radical (unpaired) electrons. The molecule has 1 aromatic heterocycles. The van der Waals surface area contributed by atoms with Crippen LogP contribution in [0.1, 0.15) is 57.8 Å². The van der Waals surface area contributed by atoms with Gasteiger partial charge >= 0.3 is 12.4 Å². The van der Waals surface area contributed by atoms with Gasteiger partial charge in [0, 0.05) is 70.1 Å². The van der Waals surface area contributed by atoms with E-state index in [1.54, 1.807) is 4.90 Å². The molecule has 2 amide bonds. The maximum absolute atomic E-state index is 14.7. The summed E-state index contributed by atoms with van der Waals surface area (Å²) in [6.07, 6.45) is -9.85. The number of nitrogens with zero attached hydrogens (tertiary/aromatic N) is 6. The number of anilines is 2. The molecule has 7 rings (SSSR count). The van der Waals surface area contributed by atoms with Gasteiger partial charge in [0.25, 0.3) is 11.8 Å². The molecule has 21 nitrogen and oxygen atoms in total. The fourth-order valence-electron chi connectivity index (χ4n) is 7.94. The first-order valence-electron chi connectivity index (χ1n) is 20.8. The first-order valence-corrected chi connectivity index (χ1v) is 20.8. The number of likely N-dealkylation sites (tertiary alicyclic amines) is 4. The SMILES string of the molecule is N=CN1CCC(Oc2cc(OC3CCN(C(=N)N)C3)c(C(F)(F)F)cc2NC(=O)c2cc(C(=O)Nc3cc(C(F)(F)F)c(OC4CCN(C(=N)N)C4)cc3OC3CCN(C(=N)N)C3)ncn2)C1. The topological polar surface area (TPSA) is 307 Å². The van der Waals surface area contributed by atoms with Gasteiger partial charge in [-0.05, 0) is 12.1 Å². The van der Waals surface area contributed by atoms with Crippen LogP contribution in [-0.4, -0.2) is 142 Å². The summed E-state index contributed by atoms with van der Waals surface area (Å²) < 4.78 is 112. The molecule has 0 bridgehead atoms. The van der Waals surface area contributed by atoms with Crippen LogP contribution in [0.25, 0.3) is 0 Å². The van der Waals surface area contributed by atoms with Crippen molar-refractivity contribution < 1.29 is 54.9 Å². The van der Waals surface area contributed by atoms with Crippen molar-refractivity contribution in [3.63, 3.8) is 0 Å². The Kier molecular flexibility index (Phi) is 13.6. The zero-order valence-corrected chi connectivity index (χ0v) is 35.5. The number of hydrogen-bond acceptors (Lipinski definition) is 12. The van der Waals surface area contributed by atoms with Crippen LogP contribution in [0.5, 0.6) is 23.0 Å². The van der Waals surface area contributed by atoms with Crippen LogP contribution in [-0.2, 0) is 12.4 Å². The Morgan fingerprint density at radius 1 is 0.582 bits per heavy atom. The summed E-state index contributed by atoms with van der Waals surface area (Å²) >= 11 is 0. The Balaban J connectivity index is 1.17. The quantitative estimate of drug-likeness (QED) is 0.0676. The van der Waals surface area contributed by atoms with Crippen LogP contribution in [0.4, 0.5) is 37.7 Å². The highest BCUT2D eigenvalue weighted by Crippen LogP contribution is 2.45. The predicted molar refractivity (Wildman–Crippen MR) is 228 cm³/mol. The Labute approximate surface area is 377 Å². The molecule has 360 valence electrons. The third kappa shape index (κ3) is 11.3. The number of aromatic nitrogens is 2. The summed E-state index contributed by atoms with van der Waals surface area (Å²) in [5.41, 5.74) is 12.2. The molecule has 0 aliphatic carbocycles. The standard InChI is InChI=1S/C40H47F6N15O6/c41-39(42,43)24-9-26(32(66-20-1-5-58(14-20)18-47)12-30(24)64-21-2-6-59(15-21)36(48)49)56-34(62)28-11-29(55-19-54-28)35(63)57-27-10-25(40(44,45)46)31(65-22-3-7-60(16-22)37(50)51)13-33(27)67-23-4-8-61(17-23)38(52)53/h9-13,18-23,47H,1-8,14-17H2,(H3,48,49)(H3,50,51)(H3,52,53)(H,56,62)(H,57,63). The lowest BCUT2D eigenvalue weighted by Gasteiger charge is -2.23. The van der Waals surface area contributed by atoms with E-state index in [1.807, 2.05) is 0 Å². The van der Waals surface area contributed by atoms with Crippen molar-refractivity contribution in [2.75, 3.05) is 63.0 Å². The molecule has 3 aromatic rings.